The summed E-state index contributed by atoms with van der Waals surface area (Å²) in [6.45, 7) is 1.24. The SMILES string of the molecule is CN(Cc1cccs1)C(=O)CSc1nnc(SCC(=O)N(C)Cc2cccs2)s1. The number of thiophene rings is 2. The second-order valence-electron chi connectivity index (χ2n) is 6.07. The van der Waals surface area contributed by atoms with Gasteiger partial charge in [0.15, 0.2) is 8.68 Å². The van der Waals surface area contributed by atoms with E-state index >= 15 is 0 Å². The summed E-state index contributed by atoms with van der Waals surface area (Å²) in [4.78, 5) is 30.3. The first-order valence-electron chi connectivity index (χ1n) is 8.63. The highest BCUT2D eigenvalue weighted by molar-refractivity contribution is 8.03. The van der Waals surface area contributed by atoms with E-state index in [1.165, 1.54) is 34.9 Å². The highest BCUT2D eigenvalue weighted by Crippen LogP contribution is 2.29. The molecule has 0 spiro atoms. The van der Waals surface area contributed by atoms with Crippen LogP contribution in [0.15, 0.2) is 43.7 Å². The van der Waals surface area contributed by atoms with Crippen molar-refractivity contribution >= 4 is 69.3 Å². The van der Waals surface area contributed by atoms with Gasteiger partial charge >= 0.3 is 0 Å². The van der Waals surface area contributed by atoms with Crippen LogP contribution in [-0.2, 0) is 22.7 Å². The number of carbonyl (C=O) groups is 2. The number of amides is 2. The molecule has 3 aromatic rings. The molecular formula is C18H20N4O2S5. The first-order chi connectivity index (χ1) is 14.0. The van der Waals surface area contributed by atoms with Crippen LogP contribution in [0.3, 0.4) is 0 Å². The average Bonchev–Trinajstić information content (AvgIpc) is 3.47. The summed E-state index contributed by atoms with van der Waals surface area (Å²) in [5, 5.41) is 12.3. The normalized spacial score (nSPS) is 10.8. The molecule has 0 N–H and O–H groups in total. The van der Waals surface area contributed by atoms with Crippen molar-refractivity contribution in [2.75, 3.05) is 25.6 Å². The Balaban J connectivity index is 1.39. The summed E-state index contributed by atoms with van der Waals surface area (Å²) in [7, 11) is 3.62. The van der Waals surface area contributed by atoms with Gasteiger partial charge in [-0.2, -0.15) is 0 Å². The number of thioether (sulfide) groups is 2. The Hall–Kier alpha value is -1.40. The lowest BCUT2D eigenvalue weighted by molar-refractivity contribution is -0.128. The van der Waals surface area contributed by atoms with Gasteiger partial charge in [-0.15, -0.1) is 32.9 Å². The Bertz CT molecular complexity index is 838. The van der Waals surface area contributed by atoms with Crippen LogP contribution in [0, 0.1) is 0 Å². The molecule has 0 atom stereocenters. The van der Waals surface area contributed by atoms with Crippen molar-refractivity contribution in [3.8, 4) is 0 Å². The molecule has 3 heterocycles. The molecule has 0 saturated carbocycles. The van der Waals surface area contributed by atoms with Gasteiger partial charge in [-0.05, 0) is 22.9 Å². The van der Waals surface area contributed by atoms with Gasteiger partial charge in [-0.25, -0.2) is 0 Å². The van der Waals surface area contributed by atoms with E-state index in [-0.39, 0.29) is 11.8 Å². The van der Waals surface area contributed by atoms with Crippen molar-refractivity contribution in [1.82, 2.24) is 20.0 Å². The minimum atomic E-state index is 0.0539. The molecule has 0 bridgehead atoms. The van der Waals surface area contributed by atoms with Crippen LogP contribution >= 0.6 is 57.5 Å². The van der Waals surface area contributed by atoms with Crippen LogP contribution in [0.5, 0.6) is 0 Å². The summed E-state index contributed by atoms with van der Waals surface area (Å²) >= 11 is 7.47. The number of aromatic nitrogens is 2. The molecule has 2 amide bonds. The fraction of sp³-hybridized carbons (Fsp3) is 0.333. The van der Waals surface area contributed by atoms with E-state index in [0.29, 0.717) is 24.6 Å². The molecule has 0 fully saturated rings. The molecule has 154 valence electrons. The van der Waals surface area contributed by atoms with Crippen molar-refractivity contribution in [3.05, 3.63) is 44.8 Å². The zero-order valence-corrected chi connectivity index (χ0v) is 20.0. The van der Waals surface area contributed by atoms with Gasteiger partial charge in [-0.1, -0.05) is 47.0 Å². The second kappa shape index (κ2) is 11.1. The average molecular weight is 485 g/mol. The summed E-state index contributed by atoms with van der Waals surface area (Å²) in [6, 6.07) is 8.01. The minimum Gasteiger partial charge on any atom is -0.340 e. The Kier molecular flexibility index (Phi) is 8.54. The van der Waals surface area contributed by atoms with Gasteiger partial charge < -0.3 is 9.80 Å². The maximum Gasteiger partial charge on any atom is 0.233 e. The second-order valence-corrected chi connectivity index (χ2v) is 11.6. The van der Waals surface area contributed by atoms with Crippen LogP contribution in [-0.4, -0.2) is 57.4 Å². The fourth-order valence-corrected chi connectivity index (χ4v) is 6.65. The standard InChI is InChI=1S/C18H20N4O2S5/c1-21(9-13-5-3-7-25-13)15(23)11-27-17-19-20-18(29-17)28-12-16(24)22(2)10-14-6-4-8-26-14/h3-8H,9-12H2,1-2H3. The molecule has 0 aliphatic rings. The largest absolute Gasteiger partial charge is 0.340 e. The van der Waals surface area contributed by atoms with Crippen molar-refractivity contribution < 1.29 is 9.59 Å². The molecule has 29 heavy (non-hydrogen) atoms. The zero-order chi connectivity index (χ0) is 20.6. The lowest BCUT2D eigenvalue weighted by Crippen LogP contribution is -2.27. The third-order valence-electron chi connectivity index (χ3n) is 3.82. The van der Waals surface area contributed by atoms with E-state index in [9.17, 15) is 9.59 Å². The van der Waals surface area contributed by atoms with Crippen LogP contribution in [0.25, 0.3) is 0 Å². The predicted molar refractivity (Wildman–Crippen MR) is 123 cm³/mol. The van der Waals surface area contributed by atoms with Gasteiger partial charge in [0.25, 0.3) is 0 Å². The van der Waals surface area contributed by atoms with Crippen molar-refractivity contribution in [2.45, 2.75) is 21.8 Å². The Morgan fingerprint density at radius 3 is 1.69 bits per heavy atom. The molecule has 3 aromatic heterocycles. The van der Waals surface area contributed by atoms with Gasteiger partial charge in [0.05, 0.1) is 24.6 Å². The van der Waals surface area contributed by atoms with Crippen molar-refractivity contribution in [1.29, 1.82) is 0 Å². The first kappa shape index (κ1) is 22.3. The van der Waals surface area contributed by atoms with Gasteiger partial charge in [-0.3, -0.25) is 9.59 Å². The third-order valence-corrected chi connectivity index (χ3v) is 8.71. The molecule has 3 rings (SSSR count). The van der Waals surface area contributed by atoms with Crippen molar-refractivity contribution in [3.63, 3.8) is 0 Å². The summed E-state index contributed by atoms with van der Waals surface area (Å²) in [6.07, 6.45) is 0. The number of rotatable bonds is 10. The molecule has 0 aliphatic heterocycles. The first-order valence-corrected chi connectivity index (χ1v) is 13.2. The van der Waals surface area contributed by atoms with Crippen LogP contribution in [0.2, 0.25) is 0 Å². The lowest BCUT2D eigenvalue weighted by atomic mass is 10.4. The smallest absolute Gasteiger partial charge is 0.233 e. The summed E-state index contributed by atoms with van der Waals surface area (Å²) < 4.78 is 1.48. The minimum absolute atomic E-state index is 0.0539. The maximum atomic E-state index is 12.3. The molecule has 0 unspecified atom stereocenters. The number of hydrogen-bond donors (Lipinski definition) is 0. The number of hydrogen-bond acceptors (Lipinski definition) is 9. The Labute approximate surface area is 190 Å². The monoisotopic (exact) mass is 484 g/mol. The van der Waals surface area contributed by atoms with Gasteiger partial charge in [0.1, 0.15) is 0 Å². The predicted octanol–water partition coefficient (Wildman–Crippen LogP) is 4.16. The van der Waals surface area contributed by atoms with Crippen LogP contribution in [0.1, 0.15) is 9.75 Å². The van der Waals surface area contributed by atoms with E-state index in [1.54, 1.807) is 32.5 Å². The molecule has 0 saturated heterocycles. The molecule has 0 aromatic carbocycles. The molecule has 6 nitrogen and oxygen atoms in total. The van der Waals surface area contributed by atoms with Gasteiger partial charge in [0.2, 0.25) is 11.8 Å². The topological polar surface area (TPSA) is 66.4 Å². The highest BCUT2D eigenvalue weighted by Gasteiger charge is 2.15. The van der Waals surface area contributed by atoms with E-state index < -0.39 is 0 Å². The van der Waals surface area contributed by atoms with E-state index in [1.807, 2.05) is 49.1 Å². The summed E-state index contributed by atoms with van der Waals surface area (Å²) in [5.74, 6) is 0.754. The highest BCUT2D eigenvalue weighted by atomic mass is 32.2. The van der Waals surface area contributed by atoms with E-state index in [2.05, 4.69) is 10.2 Å². The quantitative estimate of drug-likeness (QED) is 0.403. The molecule has 0 aliphatic carbocycles. The van der Waals surface area contributed by atoms with Gasteiger partial charge in [0, 0.05) is 23.8 Å². The molecule has 0 radical (unpaired) electrons. The fourth-order valence-electron chi connectivity index (χ4n) is 2.23. The Morgan fingerprint density at radius 2 is 1.31 bits per heavy atom. The number of nitrogens with zero attached hydrogens (tertiary/aromatic N) is 4. The van der Waals surface area contributed by atoms with Crippen LogP contribution in [0.4, 0.5) is 0 Å². The maximum absolute atomic E-state index is 12.3. The van der Waals surface area contributed by atoms with Crippen LogP contribution < -0.4 is 0 Å². The third kappa shape index (κ3) is 7.10. The zero-order valence-electron chi connectivity index (χ0n) is 15.9. The summed E-state index contributed by atoms with van der Waals surface area (Å²) in [5.41, 5.74) is 0. The number of carbonyl (C=O) groups excluding carboxylic acids is 2. The van der Waals surface area contributed by atoms with E-state index in [4.69, 9.17) is 0 Å². The van der Waals surface area contributed by atoms with Crippen molar-refractivity contribution in [2.24, 2.45) is 0 Å². The molecule has 11 heteroatoms. The lowest BCUT2D eigenvalue weighted by Gasteiger charge is -2.15. The Morgan fingerprint density at radius 1 is 0.862 bits per heavy atom. The molecular weight excluding hydrogens is 465 g/mol. The van der Waals surface area contributed by atoms with E-state index in [0.717, 1.165) is 18.4 Å².